The van der Waals surface area contributed by atoms with Crippen LogP contribution in [-0.2, 0) is 4.79 Å². The van der Waals surface area contributed by atoms with Gasteiger partial charge in [-0.2, -0.15) is 0 Å². The van der Waals surface area contributed by atoms with Crippen LogP contribution >= 0.6 is 0 Å². The highest BCUT2D eigenvalue weighted by molar-refractivity contribution is 6.02. The van der Waals surface area contributed by atoms with Crippen molar-refractivity contribution in [2.24, 2.45) is 0 Å². The van der Waals surface area contributed by atoms with E-state index in [4.69, 9.17) is 4.74 Å². The van der Waals surface area contributed by atoms with Crippen molar-refractivity contribution in [1.29, 1.82) is 0 Å². The maximum absolute atomic E-state index is 11.9. The molecule has 0 atom stereocenters. The van der Waals surface area contributed by atoms with Crippen molar-refractivity contribution in [2.75, 3.05) is 5.32 Å². The molecular formula is C18H18N2O4. The fraction of sp³-hybridized carbons (Fsp3) is 0.167. The Morgan fingerprint density at radius 2 is 1.96 bits per heavy atom. The first-order valence-electron chi connectivity index (χ1n) is 7.44. The first kappa shape index (κ1) is 17.2. The predicted molar refractivity (Wildman–Crippen MR) is 93.0 cm³/mol. The Morgan fingerprint density at radius 1 is 1.21 bits per heavy atom. The van der Waals surface area contributed by atoms with E-state index in [9.17, 15) is 14.9 Å². The summed E-state index contributed by atoms with van der Waals surface area (Å²) in [5, 5.41) is 13.3. The summed E-state index contributed by atoms with van der Waals surface area (Å²) in [7, 11) is 0. The number of amides is 1. The highest BCUT2D eigenvalue weighted by atomic mass is 16.6. The van der Waals surface area contributed by atoms with E-state index in [0.29, 0.717) is 5.69 Å². The van der Waals surface area contributed by atoms with Gasteiger partial charge in [-0.05, 0) is 43.7 Å². The van der Waals surface area contributed by atoms with E-state index in [-0.39, 0.29) is 17.7 Å². The van der Waals surface area contributed by atoms with Crippen LogP contribution in [0.15, 0.2) is 54.6 Å². The minimum atomic E-state index is -0.508. The first-order valence-corrected chi connectivity index (χ1v) is 7.44. The lowest BCUT2D eigenvalue weighted by Gasteiger charge is -2.09. The molecule has 2 aromatic carbocycles. The molecule has 0 fully saturated rings. The van der Waals surface area contributed by atoms with Gasteiger partial charge >= 0.3 is 0 Å². The Kier molecular flexibility index (Phi) is 5.68. The van der Waals surface area contributed by atoms with Gasteiger partial charge in [-0.1, -0.05) is 18.2 Å². The maximum atomic E-state index is 11.9. The lowest BCUT2D eigenvalue weighted by molar-refractivity contribution is -0.384. The number of hydrogen-bond donors (Lipinski definition) is 1. The van der Waals surface area contributed by atoms with E-state index in [1.807, 2.05) is 38.1 Å². The molecule has 0 saturated heterocycles. The molecule has 0 aliphatic heterocycles. The molecule has 6 nitrogen and oxygen atoms in total. The SMILES string of the molecule is CC(C)Oc1cccc(/C=C/C(=O)Nc2cccc([N+](=O)[O-])c2)c1. The zero-order chi connectivity index (χ0) is 17.5. The monoisotopic (exact) mass is 326 g/mol. The zero-order valence-electron chi connectivity index (χ0n) is 13.4. The number of rotatable bonds is 6. The van der Waals surface area contributed by atoms with Crippen LogP contribution in [0.3, 0.4) is 0 Å². The number of nitrogens with zero attached hydrogens (tertiary/aromatic N) is 1. The summed E-state index contributed by atoms with van der Waals surface area (Å²) < 4.78 is 5.59. The van der Waals surface area contributed by atoms with Crippen molar-refractivity contribution >= 4 is 23.4 Å². The van der Waals surface area contributed by atoms with Crippen LogP contribution in [0.25, 0.3) is 6.08 Å². The molecule has 0 bridgehead atoms. The van der Waals surface area contributed by atoms with Crippen LogP contribution in [0.2, 0.25) is 0 Å². The molecule has 0 radical (unpaired) electrons. The molecule has 0 saturated carbocycles. The van der Waals surface area contributed by atoms with Gasteiger partial charge in [0, 0.05) is 23.9 Å². The summed E-state index contributed by atoms with van der Waals surface area (Å²) in [5.41, 5.74) is 1.12. The van der Waals surface area contributed by atoms with Gasteiger partial charge in [0.1, 0.15) is 5.75 Å². The Bertz CT molecular complexity index is 769. The van der Waals surface area contributed by atoms with Crippen LogP contribution in [0, 0.1) is 10.1 Å². The second-order valence-corrected chi connectivity index (χ2v) is 5.37. The van der Waals surface area contributed by atoms with Crippen molar-refractivity contribution in [3.63, 3.8) is 0 Å². The van der Waals surface area contributed by atoms with Crippen molar-refractivity contribution in [2.45, 2.75) is 20.0 Å². The molecule has 0 aromatic heterocycles. The van der Waals surface area contributed by atoms with Gasteiger partial charge in [0.05, 0.1) is 11.0 Å². The highest BCUT2D eigenvalue weighted by Crippen LogP contribution is 2.18. The average molecular weight is 326 g/mol. The van der Waals surface area contributed by atoms with E-state index >= 15 is 0 Å². The number of carbonyl (C=O) groups is 1. The standard InChI is InChI=1S/C18H18N2O4/c1-13(2)24-17-8-3-5-14(11-17)9-10-18(21)19-15-6-4-7-16(12-15)20(22)23/h3-13H,1-2H3,(H,19,21)/b10-9+. The summed E-state index contributed by atoms with van der Waals surface area (Å²) in [5.74, 6) is 0.358. The molecule has 0 unspecified atom stereocenters. The third-order valence-electron chi connectivity index (χ3n) is 2.98. The van der Waals surface area contributed by atoms with E-state index in [2.05, 4.69) is 5.32 Å². The van der Waals surface area contributed by atoms with E-state index in [1.165, 1.54) is 24.3 Å². The molecule has 1 N–H and O–H groups in total. The number of nitro groups is 1. The average Bonchev–Trinajstić information content (AvgIpc) is 2.53. The number of anilines is 1. The molecule has 2 aromatic rings. The van der Waals surface area contributed by atoms with Crippen LogP contribution in [0.1, 0.15) is 19.4 Å². The number of ether oxygens (including phenoxy) is 1. The van der Waals surface area contributed by atoms with Gasteiger partial charge in [-0.3, -0.25) is 14.9 Å². The number of nitro benzene ring substituents is 1. The largest absolute Gasteiger partial charge is 0.491 e. The van der Waals surface area contributed by atoms with Crippen molar-refractivity contribution in [3.05, 3.63) is 70.3 Å². The molecule has 0 spiro atoms. The second-order valence-electron chi connectivity index (χ2n) is 5.37. The summed E-state index contributed by atoms with van der Waals surface area (Å²) in [6, 6.07) is 13.2. The first-order chi connectivity index (χ1) is 11.4. The van der Waals surface area contributed by atoms with Crippen LogP contribution in [-0.4, -0.2) is 16.9 Å². The minimum absolute atomic E-state index is 0.0707. The van der Waals surface area contributed by atoms with Gasteiger partial charge in [0.2, 0.25) is 5.91 Å². The van der Waals surface area contributed by atoms with Gasteiger partial charge in [-0.25, -0.2) is 0 Å². The molecular weight excluding hydrogens is 308 g/mol. The van der Waals surface area contributed by atoms with Crippen LogP contribution < -0.4 is 10.1 Å². The van der Waals surface area contributed by atoms with E-state index in [1.54, 1.807) is 12.1 Å². The van der Waals surface area contributed by atoms with Crippen LogP contribution in [0.4, 0.5) is 11.4 Å². The Labute approximate surface area is 139 Å². The number of carbonyl (C=O) groups excluding carboxylic acids is 1. The Morgan fingerprint density at radius 3 is 2.67 bits per heavy atom. The highest BCUT2D eigenvalue weighted by Gasteiger charge is 2.06. The van der Waals surface area contributed by atoms with Crippen molar-refractivity contribution in [1.82, 2.24) is 0 Å². The van der Waals surface area contributed by atoms with E-state index < -0.39 is 4.92 Å². The zero-order valence-corrected chi connectivity index (χ0v) is 13.4. The number of nitrogens with one attached hydrogen (secondary N) is 1. The van der Waals surface area contributed by atoms with Gasteiger partial charge < -0.3 is 10.1 Å². The fourth-order valence-electron chi connectivity index (χ4n) is 2.02. The predicted octanol–water partition coefficient (Wildman–Crippen LogP) is 4.03. The summed E-state index contributed by atoms with van der Waals surface area (Å²) >= 11 is 0. The van der Waals surface area contributed by atoms with Crippen molar-refractivity contribution < 1.29 is 14.5 Å². The second kappa shape index (κ2) is 7.92. The topological polar surface area (TPSA) is 81.5 Å². The maximum Gasteiger partial charge on any atom is 0.271 e. The van der Waals surface area contributed by atoms with Gasteiger partial charge in [0.25, 0.3) is 5.69 Å². The number of hydrogen-bond acceptors (Lipinski definition) is 4. The molecule has 2 rings (SSSR count). The summed E-state index contributed by atoms with van der Waals surface area (Å²) in [4.78, 5) is 22.1. The van der Waals surface area contributed by atoms with Gasteiger partial charge in [-0.15, -0.1) is 0 Å². The molecule has 124 valence electrons. The quantitative estimate of drug-likeness (QED) is 0.493. The summed E-state index contributed by atoms with van der Waals surface area (Å²) in [6.45, 7) is 3.88. The number of benzene rings is 2. The third kappa shape index (κ3) is 5.24. The van der Waals surface area contributed by atoms with Crippen molar-refractivity contribution in [3.8, 4) is 5.75 Å². The lowest BCUT2D eigenvalue weighted by atomic mass is 10.2. The Hall–Kier alpha value is -3.15. The minimum Gasteiger partial charge on any atom is -0.491 e. The van der Waals surface area contributed by atoms with Crippen LogP contribution in [0.5, 0.6) is 5.75 Å². The molecule has 6 heteroatoms. The molecule has 1 amide bonds. The Balaban J connectivity index is 2.03. The smallest absolute Gasteiger partial charge is 0.271 e. The lowest BCUT2D eigenvalue weighted by Crippen LogP contribution is -2.08. The molecule has 0 aliphatic rings. The molecule has 0 heterocycles. The number of non-ortho nitro benzene ring substituents is 1. The van der Waals surface area contributed by atoms with Gasteiger partial charge in [0.15, 0.2) is 0 Å². The normalized spacial score (nSPS) is 10.8. The summed E-state index contributed by atoms with van der Waals surface area (Å²) in [6.07, 6.45) is 3.09. The molecule has 0 aliphatic carbocycles. The van der Waals surface area contributed by atoms with E-state index in [0.717, 1.165) is 11.3 Å². The molecule has 24 heavy (non-hydrogen) atoms. The fourth-order valence-corrected chi connectivity index (χ4v) is 2.02. The third-order valence-corrected chi connectivity index (χ3v) is 2.98.